The molecule has 2 aromatic rings. The van der Waals surface area contributed by atoms with Crippen molar-refractivity contribution in [1.82, 2.24) is 5.32 Å². The molecule has 9 heteroatoms. The number of urea groups is 1. The van der Waals surface area contributed by atoms with Gasteiger partial charge in [-0.3, -0.25) is 4.79 Å². The van der Waals surface area contributed by atoms with Crippen LogP contribution >= 0.6 is 0 Å². The van der Waals surface area contributed by atoms with Gasteiger partial charge in [0, 0.05) is 29.5 Å². The summed E-state index contributed by atoms with van der Waals surface area (Å²) in [7, 11) is 0. The van der Waals surface area contributed by atoms with Gasteiger partial charge < -0.3 is 20.3 Å². The van der Waals surface area contributed by atoms with Crippen molar-refractivity contribution in [3.05, 3.63) is 53.6 Å². The fourth-order valence-corrected chi connectivity index (χ4v) is 3.41. The highest BCUT2D eigenvalue weighted by Crippen LogP contribution is 2.33. The minimum absolute atomic E-state index is 0.243. The molecule has 0 atom stereocenters. The van der Waals surface area contributed by atoms with Gasteiger partial charge >= 0.3 is 12.4 Å². The number of benzene rings is 2. The Morgan fingerprint density at radius 2 is 1.80 bits per heavy atom. The molecule has 4 rings (SSSR count). The SMILES string of the molecule is O=C(Nc1ccc(C(=O)N2CCCc3cc(OC(F)(F)F)ccc32)cc1)NC1CC1. The minimum atomic E-state index is -4.76. The molecule has 1 fully saturated rings. The number of amides is 3. The first-order chi connectivity index (χ1) is 14.3. The van der Waals surface area contributed by atoms with Gasteiger partial charge in [0.25, 0.3) is 5.91 Å². The zero-order valence-electron chi connectivity index (χ0n) is 16.0. The summed E-state index contributed by atoms with van der Waals surface area (Å²) in [5, 5.41) is 5.53. The number of aryl methyl sites for hydroxylation is 1. The summed E-state index contributed by atoms with van der Waals surface area (Å²) < 4.78 is 41.4. The first-order valence-corrected chi connectivity index (χ1v) is 9.67. The second-order valence-electron chi connectivity index (χ2n) is 7.35. The first kappa shape index (κ1) is 20.1. The molecule has 1 aliphatic heterocycles. The molecule has 0 radical (unpaired) electrons. The van der Waals surface area contributed by atoms with Gasteiger partial charge in [0.15, 0.2) is 0 Å². The third-order valence-electron chi connectivity index (χ3n) is 4.95. The van der Waals surface area contributed by atoms with E-state index in [2.05, 4.69) is 15.4 Å². The molecule has 0 spiro atoms. The van der Waals surface area contributed by atoms with E-state index in [1.807, 2.05) is 0 Å². The number of fused-ring (bicyclic) bond motifs is 1. The molecule has 6 nitrogen and oxygen atoms in total. The second-order valence-corrected chi connectivity index (χ2v) is 7.35. The highest BCUT2D eigenvalue weighted by Gasteiger charge is 2.32. The van der Waals surface area contributed by atoms with Gasteiger partial charge in [-0.25, -0.2) is 4.79 Å². The smallest absolute Gasteiger partial charge is 0.406 e. The number of hydrogen-bond acceptors (Lipinski definition) is 3. The van der Waals surface area contributed by atoms with Gasteiger partial charge in [0.1, 0.15) is 5.75 Å². The van der Waals surface area contributed by atoms with Crippen molar-refractivity contribution in [2.24, 2.45) is 0 Å². The van der Waals surface area contributed by atoms with Crippen molar-refractivity contribution in [1.29, 1.82) is 0 Å². The van der Waals surface area contributed by atoms with E-state index < -0.39 is 6.36 Å². The minimum Gasteiger partial charge on any atom is -0.406 e. The number of anilines is 2. The number of alkyl halides is 3. The molecule has 30 heavy (non-hydrogen) atoms. The van der Waals surface area contributed by atoms with Crippen LogP contribution in [0.2, 0.25) is 0 Å². The number of hydrogen-bond donors (Lipinski definition) is 2. The van der Waals surface area contributed by atoms with E-state index in [9.17, 15) is 22.8 Å². The fraction of sp³-hybridized carbons (Fsp3) is 0.333. The average Bonchev–Trinajstić information content (AvgIpc) is 3.50. The van der Waals surface area contributed by atoms with Crippen LogP contribution in [0.1, 0.15) is 35.2 Å². The predicted octanol–water partition coefficient (Wildman–Crippen LogP) is 4.46. The summed E-state index contributed by atoms with van der Waals surface area (Å²) in [6.07, 6.45) is -1.59. The van der Waals surface area contributed by atoms with Crippen LogP contribution in [-0.4, -0.2) is 30.9 Å². The van der Waals surface area contributed by atoms with Crippen molar-refractivity contribution < 1.29 is 27.5 Å². The number of carbonyl (C=O) groups is 2. The van der Waals surface area contributed by atoms with Gasteiger partial charge in [-0.1, -0.05) is 0 Å². The monoisotopic (exact) mass is 419 g/mol. The maximum absolute atomic E-state index is 13.0. The third-order valence-corrected chi connectivity index (χ3v) is 4.95. The molecule has 1 saturated carbocycles. The van der Waals surface area contributed by atoms with E-state index in [0.29, 0.717) is 41.9 Å². The van der Waals surface area contributed by atoms with Gasteiger partial charge in [-0.2, -0.15) is 0 Å². The molecule has 2 aliphatic rings. The molecule has 0 unspecified atom stereocenters. The number of carbonyl (C=O) groups excluding carboxylic acids is 2. The summed E-state index contributed by atoms with van der Waals surface area (Å²) in [4.78, 5) is 26.3. The number of nitrogens with zero attached hydrogens (tertiary/aromatic N) is 1. The van der Waals surface area contributed by atoms with E-state index >= 15 is 0 Å². The Kier molecular flexibility index (Phi) is 5.27. The zero-order chi connectivity index (χ0) is 21.3. The molecule has 2 aromatic carbocycles. The Balaban J connectivity index is 1.46. The highest BCUT2D eigenvalue weighted by molar-refractivity contribution is 6.07. The molecule has 1 heterocycles. The summed E-state index contributed by atoms with van der Waals surface area (Å²) in [6, 6.07) is 10.5. The van der Waals surface area contributed by atoms with Gasteiger partial charge in [0.2, 0.25) is 0 Å². The van der Waals surface area contributed by atoms with E-state index in [0.717, 1.165) is 12.8 Å². The molecular weight excluding hydrogens is 399 g/mol. The summed E-state index contributed by atoms with van der Waals surface area (Å²) in [6.45, 7) is 0.467. The fourth-order valence-electron chi connectivity index (χ4n) is 3.41. The standard InChI is InChI=1S/C21H20F3N3O3/c22-21(23,24)30-17-9-10-18-14(12-17)2-1-11-27(18)19(28)13-3-5-15(6-4-13)25-20(29)26-16-7-8-16/h3-6,9-10,12,16H,1-2,7-8,11H2,(H2,25,26,29). The Bertz CT molecular complexity index is 956. The van der Waals surface area contributed by atoms with Crippen molar-refractivity contribution in [2.45, 2.75) is 38.1 Å². The topological polar surface area (TPSA) is 70.7 Å². The molecule has 158 valence electrons. The van der Waals surface area contributed by atoms with Gasteiger partial charge in [-0.05, 0) is 73.7 Å². The molecular formula is C21H20F3N3O3. The number of nitrogens with one attached hydrogen (secondary N) is 2. The van der Waals surface area contributed by atoms with E-state index in [1.165, 1.54) is 18.2 Å². The van der Waals surface area contributed by atoms with Crippen molar-refractivity contribution in [3.63, 3.8) is 0 Å². The highest BCUT2D eigenvalue weighted by atomic mass is 19.4. The van der Waals surface area contributed by atoms with Gasteiger partial charge in [-0.15, -0.1) is 13.2 Å². The van der Waals surface area contributed by atoms with Crippen LogP contribution in [0.5, 0.6) is 5.75 Å². The van der Waals surface area contributed by atoms with Crippen molar-refractivity contribution >= 4 is 23.3 Å². The van der Waals surface area contributed by atoms with Crippen molar-refractivity contribution in [3.8, 4) is 5.75 Å². The van der Waals surface area contributed by atoms with Crippen LogP contribution in [0.15, 0.2) is 42.5 Å². The Morgan fingerprint density at radius 3 is 2.47 bits per heavy atom. The Morgan fingerprint density at radius 1 is 1.07 bits per heavy atom. The normalized spacial score (nSPS) is 15.9. The summed E-state index contributed by atoms with van der Waals surface area (Å²) in [5.74, 6) is -0.551. The lowest BCUT2D eigenvalue weighted by atomic mass is 10.0. The zero-order valence-corrected chi connectivity index (χ0v) is 16.0. The van der Waals surface area contributed by atoms with E-state index in [4.69, 9.17) is 0 Å². The number of rotatable bonds is 4. The first-order valence-electron chi connectivity index (χ1n) is 9.67. The number of halogens is 3. The van der Waals surface area contributed by atoms with Crippen LogP contribution in [0.3, 0.4) is 0 Å². The molecule has 1 aliphatic carbocycles. The van der Waals surface area contributed by atoms with Crippen molar-refractivity contribution in [2.75, 3.05) is 16.8 Å². The molecule has 0 bridgehead atoms. The predicted molar refractivity (Wildman–Crippen MR) is 105 cm³/mol. The van der Waals surface area contributed by atoms with Crippen LogP contribution < -0.4 is 20.3 Å². The quantitative estimate of drug-likeness (QED) is 0.769. The molecule has 3 amide bonds. The van der Waals surface area contributed by atoms with Crippen LogP contribution in [0, 0.1) is 0 Å². The maximum Gasteiger partial charge on any atom is 0.573 e. The largest absolute Gasteiger partial charge is 0.573 e. The Labute approximate surface area is 171 Å². The summed E-state index contributed by atoms with van der Waals surface area (Å²) in [5.41, 5.74) is 2.20. The van der Waals surface area contributed by atoms with Crippen LogP contribution in [0.4, 0.5) is 29.3 Å². The maximum atomic E-state index is 13.0. The molecule has 2 N–H and O–H groups in total. The molecule has 0 saturated heterocycles. The van der Waals surface area contributed by atoms with Gasteiger partial charge in [0.05, 0.1) is 0 Å². The number of ether oxygens (including phenoxy) is 1. The Hall–Kier alpha value is -3.23. The average molecular weight is 419 g/mol. The lowest BCUT2D eigenvalue weighted by molar-refractivity contribution is -0.274. The third kappa shape index (κ3) is 4.84. The molecule has 0 aromatic heterocycles. The van der Waals surface area contributed by atoms with E-state index in [1.54, 1.807) is 29.2 Å². The van der Waals surface area contributed by atoms with E-state index in [-0.39, 0.29) is 23.7 Å². The lowest BCUT2D eigenvalue weighted by Gasteiger charge is -2.30. The second kappa shape index (κ2) is 7.89. The lowest BCUT2D eigenvalue weighted by Crippen LogP contribution is -2.35. The van der Waals surface area contributed by atoms with Crippen LogP contribution in [-0.2, 0) is 6.42 Å². The van der Waals surface area contributed by atoms with Crippen LogP contribution in [0.25, 0.3) is 0 Å². The summed E-state index contributed by atoms with van der Waals surface area (Å²) >= 11 is 0.